The van der Waals surface area contributed by atoms with E-state index in [0.717, 1.165) is 29.7 Å². The molecule has 112 valence electrons. The molecule has 0 radical (unpaired) electrons. The minimum Gasteiger partial charge on any atom is -0.324 e. The second-order valence-corrected chi connectivity index (χ2v) is 7.35. The molecule has 0 unspecified atom stereocenters. The number of nitrogens with zero attached hydrogens (tertiary/aromatic N) is 3. The van der Waals surface area contributed by atoms with Crippen LogP contribution in [0.3, 0.4) is 0 Å². The molecule has 0 N–H and O–H groups in total. The van der Waals surface area contributed by atoms with E-state index in [1.165, 1.54) is 15.2 Å². The SMILES string of the molecule is Cc1cccc2c1N(S(=O)(=O)c1ncn(C)c1Cl)CCC2. The molecule has 1 aliphatic heterocycles. The summed E-state index contributed by atoms with van der Waals surface area (Å²) in [7, 11) is -2.07. The maximum Gasteiger partial charge on any atom is 0.284 e. The normalized spacial score (nSPS) is 15.1. The molecule has 1 aliphatic rings. The van der Waals surface area contributed by atoms with Gasteiger partial charge in [-0.3, -0.25) is 4.31 Å². The van der Waals surface area contributed by atoms with Gasteiger partial charge in [-0.05, 0) is 30.9 Å². The number of imidazole rings is 1. The summed E-state index contributed by atoms with van der Waals surface area (Å²) in [6, 6.07) is 5.86. The summed E-state index contributed by atoms with van der Waals surface area (Å²) in [6.07, 6.45) is 3.09. The van der Waals surface area contributed by atoms with Crippen LogP contribution in [-0.4, -0.2) is 24.5 Å². The monoisotopic (exact) mass is 325 g/mol. The molecule has 7 heteroatoms. The lowest BCUT2D eigenvalue weighted by molar-refractivity contribution is 0.583. The third-order valence-electron chi connectivity index (χ3n) is 3.75. The van der Waals surface area contributed by atoms with E-state index in [4.69, 9.17) is 11.6 Å². The Morgan fingerprint density at radius 2 is 2.10 bits per heavy atom. The average molecular weight is 326 g/mol. The Balaban J connectivity index is 2.17. The van der Waals surface area contributed by atoms with E-state index in [-0.39, 0.29) is 10.2 Å². The molecule has 0 bridgehead atoms. The molecule has 3 rings (SSSR count). The van der Waals surface area contributed by atoms with Crippen LogP contribution in [0.25, 0.3) is 0 Å². The molecule has 1 aromatic heterocycles. The molecule has 0 saturated carbocycles. The van der Waals surface area contributed by atoms with E-state index in [1.807, 2.05) is 25.1 Å². The molecular weight excluding hydrogens is 310 g/mol. The standard InChI is InChI=1S/C14H16ClN3O2S/c1-10-5-3-6-11-7-4-8-18(12(10)11)21(19,20)14-13(15)17(2)9-16-14/h3,5-6,9H,4,7-8H2,1-2H3. The second-order valence-electron chi connectivity index (χ2n) is 5.21. The molecule has 0 aliphatic carbocycles. The summed E-state index contributed by atoms with van der Waals surface area (Å²) in [5.74, 6) is 0. The van der Waals surface area contributed by atoms with Crippen molar-refractivity contribution in [2.45, 2.75) is 24.8 Å². The fraction of sp³-hybridized carbons (Fsp3) is 0.357. The number of benzene rings is 1. The first kappa shape index (κ1) is 14.4. The van der Waals surface area contributed by atoms with E-state index in [0.29, 0.717) is 6.54 Å². The highest BCUT2D eigenvalue weighted by Crippen LogP contribution is 2.35. The Bertz CT molecular complexity index is 799. The number of rotatable bonds is 2. The fourth-order valence-corrected chi connectivity index (χ4v) is 4.72. The lowest BCUT2D eigenvalue weighted by Gasteiger charge is -2.31. The third-order valence-corrected chi connectivity index (χ3v) is 6.04. The van der Waals surface area contributed by atoms with Gasteiger partial charge >= 0.3 is 0 Å². The van der Waals surface area contributed by atoms with Gasteiger partial charge < -0.3 is 4.57 Å². The number of hydrogen-bond donors (Lipinski definition) is 0. The summed E-state index contributed by atoms with van der Waals surface area (Å²) in [6.45, 7) is 2.37. The van der Waals surface area contributed by atoms with Gasteiger partial charge in [0.2, 0.25) is 5.03 Å². The number of halogens is 1. The number of aromatic nitrogens is 2. The van der Waals surface area contributed by atoms with Gasteiger partial charge in [-0.2, -0.15) is 8.42 Å². The first-order valence-corrected chi connectivity index (χ1v) is 8.53. The van der Waals surface area contributed by atoms with Crippen molar-refractivity contribution in [3.63, 3.8) is 0 Å². The topological polar surface area (TPSA) is 55.2 Å². The minimum atomic E-state index is -3.74. The van der Waals surface area contributed by atoms with Gasteiger partial charge in [0.15, 0.2) is 0 Å². The van der Waals surface area contributed by atoms with Crippen LogP contribution in [0.15, 0.2) is 29.6 Å². The number of hydrogen-bond acceptors (Lipinski definition) is 3. The van der Waals surface area contributed by atoms with E-state index in [1.54, 1.807) is 7.05 Å². The highest BCUT2D eigenvalue weighted by Gasteiger charge is 2.33. The molecule has 2 aromatic rings. The van der Waals surface area contributed by atoms with Gasteiger partial charge in [0.05, 0.1) is 12.0 Å². The summed E-state index contributed by atoms with van der Waals surface area (Å²) >= 11 is 6.07. The van der Waals surface area contributed by atoms with Crippen LogP contribution in [0, 0.1) is 6.92 Å². The quantitative estimate of drug-likeness (QED) is 0.852. The van der Waals surface area contributed by atoms with Gasteiger partial charge in [0, 0.05) is 13.6 Å². The van der Waals surface area contributed by atoms with E-state index < -0.39 is 10.0 Å². The van der Waals surface area contributed by atoms with Gasteiger partial charge in [0.25, 0.3) is 10.0 Å². The average Bonchev–Trinajstić information content (AvgIpc) is 2.79. The van der Waals surface area contributed by atoms with Crippen LogP contribution >= 0.6 is 11.6 Å². The lowest BCUT2D eigenvalue weighted by Crippen LogP contribution is -2.36. The summed E-state index contributed by atoms with van der Waals surface area (Å²) in [5, 5.41) is 0.0541. The van der Waals surface area contributed by atoms with Crippen LogP contribution in [0.1, 0.15) is 17.5 Å². The number of aryl methyl sites for hydroxylation is 3. The summed E-state index contributed by atoms with van der Waals surface area (Å²) < 4.78 is 28.7. The predicted octanol–water partition coefficient (Wildman–Crippen LogP) is 2.52. The number of sulfonamides is 1. The highest BCUT2D eigenvalue weighted by atomic mass is 35.5. The zero-order valence-corrected chi connectivity index (χ0v) is 13.4. The largest absolute Gasteiger partial charge is 0.324 e. The van der Waals surface area contributed by atoms with Crippen LogP contribution < -0.4 is 4.31 Å². The zero-order valence-electron chi connectivity index (χ0n) is 11.9. The van der Waals surface area contributed by atoms with Crippen molar-refractivity contribution in [3.05, 3.63) is 40.8 Å². The van der Waals surface area contributed by atoms with E-state index in [2.05, 4.69) is 4.98 Å². The van der Waals surface area contributed by atoms with Crippen molar-refractivity contribution in [2.24, 2.45) is 7.05 Å². The Morgan fingerprint density at radius 3 is 2.76 bits per heavy atom. The Hall–Kier alpha value is -1.53. The van der Waals surface area contributed by atoms with Crippen molar-refractivity contribution in [2.75, 3.05) is 10.8 Å². The third kappa shape index (κ3) is 2.22. The van der Waals surface area contributed by atoms with Crippen molar-refractivity contribution in [1.29, 1.82) is 0 Å². The van der Waals surface area contributed by atoms with Gasteiger partial charge in [-0.15, -0.1) is 0 Å². The fourth-order valence-electron chi connectivity index (χ4n) is 2.71. The highest BCUT2D eigenvalue weighted by molar-refractivity contribution is 7.92. The Labute approximate surface area is 129 Å². The van der Waals surface area contributed by atoms with Crippen molar-refractivity contribution in [3.8, 4) is 0 Å². The molecule has 1 aromatic carbocycles. The minimum absolute atomic E-state index is 0.0808. The van der Waals surface area contributed by atoms with Crippen molar-refractivity contribution in [1.82, 2.24) is 9.55 Å². The number of fused-ring (bicyclic) bond motifs is 1. The summed E-state index contributed by atoms with van der Waals surface area (Å²) in [4.78, 5) is 3.97. The van der Waals surface area contributed by atoms with E-state index >= 15 is 0 Å². The smallest absolute Gasteiger partial charge is 0.284 e. The summed E-state index contributed by atoms with van der Waals surface area (Å²) in [5.41, 5.74) is 2.77. The van der Waals surface area contributed by atoms with Crippen molar-refractivity contribution >= 4 is 27.3 Å². The molecule has 0 spiro atoms. The van der Waals surface area contributed by atoms with Crippen LogP contribution in [-0.2, 0) is 23.5 Å². The number of para-hydroxylation sites is 1. The first-order chi connectivity index (χ1) is 9.93. The van der Waals surface area contributed by atoms with E-state index in [9.17, 15) is 8.42 Å². The molecule has 21 heavy (non-hydrogen) atoms. The second kappa shape index (κ2) is 5.03. The zero-order chi connectivity index (χ0) is 15.2. The Morgan fingerprint density at radius 1 is 1.33 bits per heavy atom. The van der Waals surface area contributed by atoms with Crippen LogP contribution in [0.2, 0.25) is 5.15 Å². The first-order valence-electron chi connectivity index (χ1n) is 6.71. The van der Waals surface area contributed by atoms with Crippen LogP contribution in [0.5, 0.6) is 0 Å². The molecule has 0 fully saturated rings. The van der Waals surface area contributed by atoms with Crippen LogP contribution in [0.4, 0.5) is 5.69 Å². The Kier molecular flexibility index (Phi) is 3.45. The molecular formula is C14H16ClN3O2S. The molecule has 5 nitrogen and oxygen atoms in total. The molecule has 0 amide bonds. The van der Waals surface area contributed by atoms with Gasteiger partial charge in [-0.1, -0.05) is 29.8 Å². The number of anilines is 1. The van der Waals surface area contributed by atoms with Gasteiger partial charge in [-0.25, -0.2) is 4.98 Å². The maximum atomic E-state index is 12.9. The predicted molar refractivity (Wildman–Crippen MR) is 82.2 cm³/mol. The molecule has 2 heterocycles. The molecule has 0 saturated heterocycles. The lowest BCUT2D eigenvalue weighted by atomic mass is 10.0. The molecule has 0 atom stereocenters. The van der Waals surface area contributed by atoms with Crippen molar-refractivity contribution < 1.29 is 8.42 Å². The maximum absolute atomic E-state index is 12.9. The van der Waals surface area contributed by atoms with Gasteiger partial charge in [0.1, 0.15) is 5.15 Å².